The number of hydrogen-bond donors (Lipinski definition) is 2. The van der Waals surface area contributed by atoms with Crippen LogP contribution in [0, 0.1) is 6.92 Å². The maximum absolute atomic E-state index is 11.9. The lowest BCUT2D eigenvalue weighted by atomic mass is 10.2. The Balaban J connectivity index is 1.96. The number of nitrogens with one attached hydrogen (secondary N) is 1. The van der Waals surface area contributed by atoms with Crippen LogP contribution in [0.1, 0.15) is 21.8 Å². The zero-order valence-electron chi connectivity index (χ0n) is 11.0. The van der Waals surface area contributed by atoms with E-state index in [1.165, 1.54) is 11.3 Å². The molecule has 0 amide bonds. The van der Waals surface area contributed by atoms with E-state index < -0.39 is 10.0 Å². The first kappa shape index (κ1) is 15.1. The molecule has 7 heteroatoms. The van der Waals surface area contributed by atoms with E-state index in [1.807, 2.05) is 12.3 Å². The second kappa shape index (κ2) is 6.45. The number of sulfonamides is 1. The van der Waals surface area contributed by atoms with Gasteiger partial charge >= 0.3 is 0 Å². The maximum Gasteiger partial charge on any atom is 0.216 e. The van der Waals surface area contributed by atoms with Gasteiger partial charge in [-0.3, -0.25) is 0 Å². The van der Waals surface area contributed by atoms with E-state index in [0.29, 0.717) is 5.56 Å². The van der Waals surface area contributed by atoms with Gasteiger partial charge in [-0.25, -0.2) is 18.1 Å². The molecule has 0 aliphatic rings. The van der Waals surface area contributed by atoms with Gasteiger partial charge in [-0.15, -0.1) is 11.3 Å². The lowest BCUT2D eigenvalue weighted by molar-refractivity contribution is 0.282. The first-order valence-corrected chi connectivity index (χ1v) is 8.59. The van der Waals surface area contributed by atoms with Crippen molar-refractivity contribution in [2.45, 2.75) is 25.8 Å². The Bertz CT molecular complexity index is 663. The Kier molecular flexibility index (Phi) is 4.87. The van der Waals surface area contributed by atoms with Crippen LogP contribution in [0.25, 0.3) is 0 Å². The average Bonchev–Trinajstić information content (AvgIpc) is 2.83. The van der Waals surface area contributed by atoms with E-state index in [4.69, 9.17) is 5.11 Å². The molecule has 1 aromatic heterocycles. The van der Waals surface area contributed by atoms with Crippen molar-refractivity contribution in [1.82, 2.24) is 9.71 Å². The first-order chi connectivity index (χ1) is 9.48. The summed E-state index contributed by atoms with van der Waals surface area (Å²) in [4.78, 5) is 4.21. The van der Waals surface area contributed by atoms with Gasteiger partial charge in [0.25, 0.3) is 0 Å². The van der Waals surface area contributed by atoms with Gasteiger partial charge in [-0.2, -0.15) is 0 Å². The molecule has 0 bridgehead atoms. The fourth-order valence-corrected chi connectivity index (χ4v) is 3.40. The predicted molar refractivity (Wildman–Crippen MR) is 78.7 cm³/mol. The van der Waals surface area contributed by atoms with Crippen LogP contribution in [0.2, 0.25) is 0 Å². The highest BCUT2D eigenvalue weighted by Crippen LogP contribution is 2.10. The molecule has 0 radical (unpaired) electrons. The normalized spacial score (nSPS) is 11.7. The van der Waals surface area contributed by atoms with Crippen molar-refractivity contribution in [3.63, 3.8) is 0 Å². The van der Waals surface area contributed by atoms with Gasteiger partial charge in [0.2, 0.25) is 10.0 Å². The lowest BCUT2D eigenvalue weighted by Crippen LogP contribution is -2.24. The SMILES string of the molecule is Cc1nc(CNS(=O)(=O)Cc2ccc(CO)cc2)cs1. The molecule has 0 saturated carbocycles. The minimum absolute atomic E-state index is 0.0472. The van der Waals surface area contributed by atoms with Crippen LogP contribution in [-0.4, -0.2) is 18.5 Å². The number of aromatic nitrogens is 1. The van der Waals surface area contributed by atoms with Crippen LogP contribution in [0.4, 0.5) is 0 Å². The minimum Gasteiger partial charge on any atom is -0.392 e. The van der Waals surface area contributed by atoms with Crippen LogP contribution in [-0.2, 0) is 28.9 Å². The summed E-state index contributed by atoms with van der Waals surface area (Å²) in [7, 11) is -3.39. The van der Waals surface area contributed by atoms with Gasteiger partial charge in [-0.1, -0.05) is 24.3 Å². The van der Waals surface area contributed by atoms with Crippen molar-refractivity contribution in [2.75, 3.05) is 0 Å². The minimum atomic E-state index is -3.39. The number of thiazole rings is 1. The molecule has 2 N–H and O–H groups in total. The first-order valence-electron chi connectivity index (χ1n) is 6.05. The van der Waals surface area contributed by atoms with Crippen molar-refractivity contribution >= 4 is 21.4 Å². The van der Waals surface area contributed by atoms with Crippen molar-refractivity contribution in [3.8, 4) is 0 Å². The fourth-order valence-electron chi connectivity index (χ4n) is 1.68. The van der Waals surface area contributed by atoms with Gasteiger partial charge in [0.1, 0.15) is 0 Å². The molecule has 2 rings (SSSR count). The van der Waals surface area contributed by atoms with Crippen LogP contribution in [0.15, 0.2) is 29.6 Å². The molecule has 0 atom stereocenters. The number of rotatable bonds is 6. The Labute approximate surface area is 122 Å². The summed E-state index contributed by atoms with van der Waals surface area (Å²) >= 11 is 1.49. The van der Waals surface area contributed by atoms with Crippen LogP contribution in [0.3, 0.4) is 0 Å². The molecule has 0 unspecified atom stereocenters. The van der Waals surface area contributed by atoms with Gasteiger partial charge in [0, 0.05) is 5.38 Å². The zero-order chi connectivity index (χ0) is 14.6. The van der Waals surface area contributed by atoms with Gasteiger partial charge in [-0.05, 0) is 18.1 Å². The van der Waals surface area contributed by atoms with Crippen molar-refractivity contribution in [1.29, 1.82) is 0 Å². The van der Waals surface area contributed by atoms with Crippen molar-refractivity contribution < 1.29 is 13.5 Å². The van der Waals surface area contributed by atoms with Crippen LogP contribution >= 0.6 is 11.3 Å². The second-order valence-corrected chi connectivity index (χ2v) is 7.28. The number of aliphatic hydroxyl groups excluding tert-OH is 1. The highest BCUT2D eigenvalue weighted by molar-refractivity contribution is 7.88. The molecule has 20 heavy (non-hydrogen) atoms. The summed E-state index contributed by atoms with van der Waals surface area (Å²) in [6, 6.07) is 6.85. The summed E-state index contributed by atoms with van der Waals surface area (Å²) in [5, 5.41) is 11.7. The Morgan fingerprint density at radius 2 is 1.90 bits per heavy atom. The number of benzene rings is 1. The standard InChI is InChI=1S/C13H16N2O3S2/c1-10-15-13(8-19-10)6-14-20(17,18)9-12-4-2-11(7-16)3-5-12/h2-5,8,14,16H,6-7,9H2,1H3. The summed E-state index contributed by atoms with van der Waals surface area (Å²) in [5.41, 5.74) is 2.17. The summed E-state index contributed by atoms with van der Waals surface area (Å²) < 4.78 is 26.4. The second-order valence-electron chi connectivity index (χ2n) is 4.41. The van der Waals surface area contributed by atoms with Crippen molar-refractivity contribution in [3.05, 3.63) is 51.5 Å². The molecule has 0 aliphatic carbocycles. The molecule has 0 saturated heterocycles. The van der Waals surface area contributed by atoms with E-state index >= 15 is 0 Å². The molecule has 5 nitrogen and oxygen atoms in total. The summed E-state index contributed by atoms with van der Waals surface area (Å²) in [5.74, 6) is -0.0815. The third-order valence-corrected chi connectivity index (χ3v) is 4.82. The maximum atomic E-state index is 11.9. The molecule has 108 valence electrons. The zero-order valence-corrected chi connectivity index (χ0v) is 12.7. The highest BCUT2D eigenvalue weighted by atomic mass is 32.2. The molecule has 1 aromatic carbocycles. The van der Waals surface area contributed by atoms with E-state index in [0.717, 1.165) is 16.3 Å². The van der Waals surface area contributed by atoms with E-state index in [2.05, 4.69) is 9.71 Å². The lowest BCUT2D eigenvalue weighted by Gasteiger charge is -2.06. The molecule has 1 heterocycles. The molecule has 0 fully saturated rings. The Hall–Kier alpha value is -1.28. The summed E-state index contributed by atoms with van der Waals surface area (Å²) in [6.07, 6.45) is 0. The van der Waals surface area contributed by atoms with Gasteiger partial charge in [0.15, 0.2) is 0 Å². The molecular formula is C13H16N2O3S2. The van der Waals surface area contributed by atoms with Gasteiger partial charge in [0.05, 0.1) is 29.6 Å². The number of hydrogen-bond acceptors (Lipinski definition) is 5. The highest BCUT2D eigenvalue weighted by Gasteiger charge is 2.12. The van der Waals surface area contributed by atoms with E-state index in [9.17, 15) is 8.42 Å². The smallest absolute Gasteiger partial charge is 0.216 e. The number of aliphatic hydroxyl groups is 1. The van der Waals surface area contributed by atoms with Crippen LogP contribution in [0.5, 0.6) is 0 Å². The molecule has 0 spiro atoms. The Morgan fingerprint density at radius 3 is 2.45 bits per heavy atom. The molecule has 0 aliphatic heterocycles. The predicted octanol–water partition coefficient (Wildman–Crippen LogP) is 1.56. The third-order valence-electron chi connectivity index (χ3n) is 2.70. The van der Waals surface area contributed by atoms with Gasteiger partial charge < -0.3 is 5.11 Å². The largest absolute Gasteiger partial charge is 0.392 e. The summed E-state index contributed by atoms with van der Waals surface area (Å²) in [6.45, 7) is 2.04. The topological polar surface area (TPSA) is 79.3 Å². The van der Waals surface area contributed by atoms with Crippen molar-refractivity contribution in [2.24, 2.45) is 0 Å². The Morgan fingerprint density at radius 1 is 1.25 bits per heavy atom. The van der Waals surface area contributed by atoms with Crippen LogP contribution < -0.4 is 4.72 Å². The fraction of sp³-hybridized carbons (Fsp3) is 0.308. The monoisotopic (exact) mass is 312 g/mol. The van der Waals surface area contributed by atoms with E-state index in [1.54, 1.807) is 24.3 Å². The average molecular weight is 312 g/mol. The molecule has 2 aromatic rings. The third kappa shape index (κ3) is 4.38. The number of nitrogens with zero attached hydrogens (tertiary/aromatic N) is 1. The molecular weight excluding hydrogens is 296 g/mol. The quantitative estimate of drug-likeness (QED) is 0.848. The number of aryl methyl sites for hydroxylation is 1. The van der Waals surface area contributed by atoms with E-state index in [-0.39, 0.29) is 18.9 Å².